The van der Waals surface area contributed by atoms with Crippen LogP contribution < -0.4 is 9.46 Å². The lowest BCUT2D eigenvalue weighted by Gasteiger charge is -2.18. The zero-order valence-corrected chi connectivity index (χ0v) is 31.5. The number of ether oxygens (including phenoxy) is 4. The Kier molecular flexibility index (Phi) is 13.6. The summed E-state index contributed by atoms with van der Waals surface area (Å²) in [6.45, 7) is 3.28. The predicted molar refractivity (Wildman–Crippen MR) is 199 cm³/mol. The number of hydrogen-bond donors (Lipinski definition) is 3. The van der Waals surface area contributed by atoms with Gasteiger partial charge in [0.1, 0.15) is 35.9 Å². The van der Waals surface area contributed by atoms with E-state index in [0.717, 1.165) is 16.4 Å². The Labute approximate surface area is 325 Å². The van der Waals surface area contributed by atoms with Crippen LogP contribution in [0.25, 0.3) is 22.2 Å². The highest BCUT2D eigenvalue weighted by molar-refractivity contribution is 7.90. The van der Waals surface area contributed by atoms with Crippen LogP contribution in [0, 0.1) is 18.6 Å². The molecule has 6 rings (SSSR count). The second-order valence-electron chi connectivity index (χ2n) is 13.0. The number of carbonyl (C=O) groups is 2. The van der Waals surface area contributed by atoms with Gasteiger partial charge in [0, 0.05) is 54.7 Å². The van der Waals surface area contributed by atoms with Gasteiger partial charge in [0.2, 0.25) is 5.78 Å². The van der Waals surface area contributed by atoms with Gasteiger partial charge in [-0.05, 0) is 55.7 Å². The van der Waals surface area contributed by atoms with E-state index in [9.17, 15) is 31.9 Å². The number of alkyl halides is 1. The van der Waals surface area contributed by atoms with Crippen LogP contribution in [0.3, 0.4) is 0 Å². The standard InChI is InChI=1S/C38H40F3N5O10S/c1-23-18-33(56-44-23)28(38(48)49)9-11-52-12-13-53-14-15-54-16-17-55-27-4-2-24(3-5-27)25-19-29-30(21-43-37(29)42-20-25)36(47)34-31(40)6-7-32(35(34)41)45-57(50,51)46-10-8-26(39)22-46/h2-7,18-21,26,28,45H,8-17,22H2,1H3,(H,42,43)(H,48,49)/t26-,28?/m1/s1. The summed E-state index contributed by atoms with van der Waals surface area (Å²) in [5.41, 5.74) is 0.511. The van der Waals surface area contributed by atoms with Gasteiger partial charge < -0.3 is 33.6 Å². The number of rotatable bonds is 21. The minimum absolute atomic E-state index is 0.00618. The Morgan fingerprint density at radius 2 is 1.70 bits per heavy atom. The first kappa shape index (κ1) is 41.3. The van der Waals surface area contributed by atoms with E-state index >= 15 is 4.39 Å². The molecule has 2 atom stereocenters. The summed E-state index contributed by atoms with van der Waals surface area (Å²) in [5.74, 6) is -4.61. The molecule has 0 aliphatic carbocycles. The van der Waals surface area contributed by atoms with Gasteiger partial charge >= 0.3 is 16.2 Å². The molecule has 3 aromatic heterocycles. The zero-order valence-electron chi connectivity index (χ0n) is 30.7. The van der Waals surface area contributed by atoms with E-state index in [1.54, 1.807) is 49.5 Å². The Hall–Kier alpha value is -5.34. The van der Waals surface area contributed by atoms with Crippen molar-refractivity contribution in [3.05, 3.63) is 95.1 Å². The largest absolute Gasteiger partial charge is 0.491 e. The molecule has 15 nitrogen and oxygen atoms in total. The minimum atomic E-state index is -4.36. The van der Waals surface area contributed by atoms with Crippen LogP contribution in [0.5, 0.6) is 5.75 Å². The van der Waals surface area contributed by atoms with Crippen molar-refractivity contribution >= 4 is 38.7 Å². The van der Waals surface area contributed by atoms with Crippen molar-refractivity contribution in [3.63, 3.8) is 0 Å². The molecule has 0 radical (unpaired) electrons. The summed E-state index contributed by atoms with van der Waals surface area (Å²) in [4.78, 5) is 32.3. The maximum atomic E-state index is 15.6. The fraction of sp³-hybridized carbons (Fsp3) is 0.368. The predicted octanol–water partition coefficient (Wildman–Crippen LogP) is 5.42. The van der Waals surface area contributed by atoms with E-state index in [1.165, 1.54) is 6.20 Å². The molecule has 1 fully saturated rings. The number of nitrogens with one attached hydrogen (secondary N) is 2. The Morgan fingerprint density at radius 3 is 2.35 bits per heavy atom. The van der Waals surface area contributed by atoms with Crippen molar-refractivity contribution in [1.29, 1.82) is 0 Å². The highest BCUT2D eigenvalue weighted by Gasteiger charge is 2.33. The number of fused-ring (bicyclic) bond motifs is 1. The van der Waals surface area contributed by atoms with Crippen molar-refractivity contribution < 1.29 is 59.8 Å². The van der Waals surface area contributed by atoms with Gasteiger partial charge in [0.05, 0.1) is 50.0 Å². The molecule has 0 spiro atoms. The number of aromatic amines is 1. The second-order valence-corrected chi connectivity index (χ2v) is 14.7. The molecule has 57 heavy (non-hydrogen) atoms. The van der Waals surface area contributed by atoms with Gasteiger partial charge in [-0.15, -0.1) is 0 Å². The van der Waals surface area contributed by atoms with Crippen LogP contribution in [-0.2, 0) is 29.2 Å². The number of aryl methyl sites for hydroxylation is 1. The number of carboxylic acids is 1. The molecule has 19 heteroatoms. The SMILES string of the molecule is Cc1cc(C(CCOCCOCCOCCOc2ccc(-c3cnc4[nH]cc(C(=O)c5c(F)ccc(NS(=O)(=O)N6CC[C@@H](F)C6)c5F)c4c3)cc2)C(=O)O)on1. The van der Waals surface area contributed by atoms with E-state index in [0.29, 0.717) is 61.4 Å². The topological polar surface area (TPSA) is 195 Å². The number of halogens is 3. The van der Waals surface area contributed by atoms with Gasteiger partial charge in [-0.1, -0.05) is 17.3 Å². The zero-order chi connectivity index (χ0) is 40.5. The normalized spacial score (nSPS) is 15.3. The average Bonchev–Trinajstić information content (AvgIpc) is 3.94. The number of aromatic nitrogens is 3. The fourth-order valence-corrected chi connectivity index (χ4v) is 7.34. The lowest BCUT2D eigenvalue weighted by molar-refractivity contribution is -0.139. The molecule has 3 N–H and O–H groups in total. The van der Waals surface area contributed by atoms with Crippen LogP contribution in [0.1, 0.15) is 46.1 Å². The van der Waals surface area contributed by atoms with Crippen molar-refractivity contribution in [1.82, 2.24) is 19.4 Å². The number of anilines is 1. The van der Waals surface area contributed by atoms with Crippen LogP contribution >= 0.6 is 0 Å². The van der Waals surface area contributed by atoms with Crippen molar-refractivity contribution in [2.75, 3.05) is 64.1 Å². The monoisotopic (exact) mass is 815 g/mol. The van der Waals surface area contributed by atoms with E-state index in [4.69, 9.17) is 23.5 Å². The molecular weight excluding hydrogens is 776 g/mol. The van der Waals surface area contributed by atoms with Crippen LogP contribution in [-0.4, -0.2) is 110 Å². The van der Waals surface area contributed by atoms with Crippen molar-refractivity contribution in [2.45, 2.75) is 31.9 Å². The molecule has 304 valence electrons. The van der Waals surface area contributed by atoms with Gasteiger partial charge in [-0.25, -0.2) is 18.2 Å². The first-order valence-electron chi connectivity index (χ1n) is 18.0. The summed E-state index contributed by atoms with van der Waals surface area (Å²) in [5, 5.41) is 13.4. The Bertz CT molecular complexity index is 2290. The van der Waals surface area contributed by atoms with Crippen LogP contribution in [0.15, 0.2) is 65.4 Å². The van der Waals surface area contributed by atoms with Crippen molar-refractivity contribution in [3.8, 4) is 16.9 Å². The molecule has 1 unspecified atom stereocenters. The maximum Gasteiger partial charge on any atom is 0.314 e. The molecule has 0 amide bonds. The van der Waals surface area contributed by atoms with Gasteiger partial charge in [-0.3, -0.25) is 14.3 Å². The lowest BCUT2D eigenvalue weighted by atomic mass is 10.00. The molecule has 0 bridgehead atoms. The number of carboxylic acid groups (broad SMARTS) is 1. The van der Waals surface area contributed by atoms with Gasteiger partial charge in [0.25, 0.3) is 0 Å². The first-order chi connectivity index (χ1) is 27.4. The Balaban J connectivity index is 0.947. The summed E-state index contributed by atoms with van der Waals surface area (Å²) >= 11 is 0. The fourth-order valence-electron chi connectivity index (χ4n) is 6.07. The average molecular weight is 816 g/mol. The van der Waals surface area contributed by atoms with Gasteiger partial charge in [0.15, 0.2) is 11.6 Å². The third kappa shape index (κ3) is 10.3. The van der Waals surface area contributed by atoms with Crippen LogP contribution in [0.4, 0.5) is 18.9 Å². The summed E-state index contributed by atoms with van der Waals surface area (Å²) in [6.07, 6.45) is 1.72. The number of nitrogens with zero attached hydrogens (tertiary/aromatic N) is 3. The minimum Gasteiger partial charge on any atom is -0.491 e. The number of ketones is 1. The number of pyridine rings is 1. The number of benzene rings is 2. The molecule has 1 saturated heterocycles. The number of hydrogen-bond acceptors (Lipinski definition) is 11. The number of H-pyrrole nitrogens is 1. The summed E-state index contributed by atoms with van der Waals surface area (Å²) in [6, 6.07) is 11.9. The molecule has 2 aromatic carbocycles. The molecular formula is C38H40F3N5O10S. The van der Waals surface area contributed by atoms with E-state index in [1.807, 2.05) is 4.72 Å². The summed E-state index contributed by atoms with van der Waals surface area (Å²) in [7, 11) is -4.36. The molecule has 4 heterocycles. The lowest BCUT2D eigenvalue weighted by Crippen LogP contribution is -2.34. The van der Waals surface area contributed by atoms with Crippen molar-refractivity contribution in [2.24, 2.45) is 0 Å². The molecule has 1 aliphatic heterocycles. The third-order valence-electron chi connectivity index (χ3n) is 9.03. The summed E-state index contributed by atoms with van der Waals surface area (Å²) < 4.78 is 99.8. The highest BCUT2D eigenvalue weighted by Crippen LogP contribution is 2.31. The highest BCUT2D eigenvalue weighted by atomic mass is 32.2. The smallest absolute Gasteiger partial charge is 0.314 e. The third-order valence-corrected chi connectivity index (χ3v) is 10.5. The second kappa shape index (κ2) is 18.7. The molecule has 0 saturated carbocycles. The first-order valence-corrected chi connectivity index (χ1v) is 19.4. The number of carbonyl (C=O) groups excluding carboxylic acids is 1. The van der Waals surface area contributed by atoms with E-state index in [-0.39, 0.29) is 49.2 Å². The number of aliphatic carboxylic acids is 1. The van der Waals surface area contributed by atoms with Gasteiger partial charge in [-0.2, -0.15) is 12.7 Å². The maximum absolute atomic E-state index is 15.6. The van der Waals surface area contributed by atoms with E-state index in [2.05, 4.69) is 15.1 Å². The molecule has 5 aromatic rings. The van der Waals surface area contributed by atoms with Crippen LogP contribution in [0.2, 0.25) is 0 Å². The quantitative estimate of drug-likeness (QED) is 0.0630. The molecule has 1 aliphatic rings. The van der Waals surface area contributed by atoms with E-state index < -0.39 is 63.5 Å². The Morgan fingerprint density at radius 1 is 1.00 bits per heavy atom.